The number of aromatic nitrogens is 2. The third-order valence-corrected chi connectivity index (χ3v) is 6.07. The van der Waals surface area contributed by atoms with Crippen LogP contribution in [0, 0.1) is 13.8 Å². The van der Waals surface area contributed by atoms with Crippen molar-refractivity contribution >= 4 is 28.6 Å². The predicted molar refractivity (Wildman–Crippen MR) is 114 cm³/mol. The standard InChI is InChI=1S/C21H22N4O2S/c1-12-4-5-14(19(26)24-21-22-6-7-28-21)9-16(12)17-10-15-11-23-13(2)8-18(15)25(3)20(17)27/h4-5,8-11,21-22H,6-7H2,1-3H3,(H,24,26). The fraction of sp³-hybridized carbons (Fsp3) is 0.286. The molecular weight excluding hydrogens is 372 g/mol. The summed E-state index contributed by atoms with van der Waals surface area (Å²) in [6.45, 7) is 4.74. The van der Waals surface area contributed by atoms with Crippen molar-refractivity contribution in [3.8, 4) is 11.1 Å². The van der Waals surface area contributed by atoms with Gasteiger partial charge in [0, 0.05) is 47.7 Å². The zero-order valence-electron chi connectivity index (χ0n) is 16.1. The van der Waals surface area contributed by atoms with E-state index < -0.39 is 0 Å². The van der Waals surface area contributed by atoms with Crippen LogP contribution in [0.2, 0.25) is 0 Å². The number of thioether (sulfide) groups is 1. The normalized spacial score (nSPS) is 16.5. The molecule has 1 atom stereocenters. The van der Waals surface area contributed by atoms with Gasteiger partial charge in [-0.1, -0.05) is 6.07 Å². The predicted octanol–water partition coefficient (Wildman–Crippen LogP) is 2.57. The van der Waals surface area contributed by atoms with E-state index in [1.54, 1.807) is 41.7 Å². The summed E-state index contributed by atoms with van der Waals surface area (Å²) >= 11 is 1.67. The molecule has 0 aliphatic carbocycles. The minimum atomic E-state index is -0.150. The Bertz CT molecular complexity index is 1130. The molecule has 1 fully saturated rings. The third kappa shape index (κ3) is 3.43. The van der Waals surface area contributed by atoms with Gasteiger partial charge in [-0.25, -0.2) is 0 Å². The molecule has 1 saturated heterocycles. The van der Waals surface area contributed by atoms with Crippen LogP contribution in [-0.4, -0.2) is 33.3 Å². The molecule has 1 aromatic carbocycles. The van der Waals surface area contributed by atoms with Crippen LogP contribution in [0.15, 0.2) is 41.3 Å². The highest BCUT2D eigenvalue weighted by Crippen LogP contribution is 2.25. The van der Waals surface area contributed by atoms with Gasteiger partial charge in [0.2, 0.25) is 0 Å². The Kier molecular flexibility index (Phi) is 4.95. The maximum Gasteiger partial charge on any atom is 0.258 e. The van der Waals surface area contributed by atoms with Gasteiger partial charge in [-0.3, -0.25) is 19.9 Å². The smallest absolute Gasteiger partial charge is 0.258 e. The highest BCUT2D eigenvalue weighted by molar-refractivity contribution is 8.00. The number of hydrogen-bond donors (Lipinski definition) is 2. The van der Waals surface area contributed by atoms with Crippen LogP contribution >= 0.6 is 11.8 Å². The second kappa shape index (κ2) is 7.41. The number of rotatable bonds is 3. The quantitative estimate of drug-likeness (QED) is 0.714. The van der Waals surface area contributed by atoms with E-state index in [-0.39, 0.29) is 17.0 Å². The molecule has 3 heterocycles. The molecule has 2 aromatic heterocycles. The molecule has 1 amide bonds. The first-order chi connectivity index (χ1) is 13.4. The van der Waals surface area contributed by atoms with Crippen LogP contribution in [0.25, 0.3) is 22.0 Å². The van der Waals surface area contributed by atoms with Crippen LogP contribution in [-0.2, 0) is 7.05 Å². The Hall–Kier alpha value is -2.64. The molecular formula is C21H22N4O2S. The maximum atomic E-state index is 13.0. The first kappa shape index (κ1) is 18.7. The number of amides is 1. The number of benzene rings is 1. The second-order valence-corrected chi connectivity index (χ2v) is 8.23. The Morgan fingerprint density at radius 2 is 2.07 bits per heavy atom. The topological polar surface area (TPSA) is 76.0 Å². The van der Waals surface area contributed by atoms with Crippen molar-refractivity contribution in [2.45, 2.75) is 19.3 Å². The molecule has 1 aliphatic rings. The summed E-state index contributed by atoms with van der Waals surface area (Å²) in [6, 6.07) is 9.25. The molecule has 0 radical (unpaired) electrons. The highest BCUT2D eigenvalue weighted by atomic mass is 32.2. The molecule has 7 heteroatoms. The van der Waals surface area contributed by atoms with Crippen LogP contribution in [0.4, 0.5) is 0 Å². The summed E-state index contributed by atoms with van der Waals surface area (Å²) in [6.07, 6.45) is 1.78. The van der Waals surface area contributed by atoms with Gasteiger partial charge in [-0.15, -0.1) is 11.8 Å². The monoisotopic (exact) mass is 394 g/mol. The van der Waals surface area contributed by atoms with Gasteiger partial charge < -0.3 is 9.88 Å². The lowest BCUT2D eigenvalue weighted by atomic mass is 9.97. The number of aryl methyl sites for hydroxylation is 3. The van der Waals surface area contributed by atoms with Gasteiger partial charge in [0.15, 0.2) is 0 Å². The molecule has 1 aliphatic heterocycles. The fourth-order valence-corrected chi connectivity index (χ4v) is 4.33. The zero-order valence-corrected chi connectivity index (χ0v) is 16.9. The van der Waals surface area contributed by atoms with E-state index >= 15 is 0 Å². The Morgan fingerprint density at radius 3 is 2.82 bits per heavy atom. The van der Waals surface area contributed by atoms with E-state index in [1.165, 1.54) is 0 Å². The van der Waals surface area contributed by atoms with Gasteiger partial charge in [0.05, 0.1) is 5.52 Å². The van der Waals surface area contributed by atoms with E-state index in [0.717, 1.165) is 40.0 Å². The van der Waals surface area contributed by atoms with Gasteiger partial charge in [-0.05, 0) is 49.2 Å². The van der Waals surface area contributed by atoms with Crippen molar-refractivity contribution in [2.75, 3.05) is 12.3 Å². The van der Waals surface area contributed by atoms with Crippen molar-refractivity contribution in [2.24, 2.45) is 7.05 Å². The maximum absolute atomic E-state index is 13.0. The lowest BCUT2D eigenvalue weighted by Gasteiger charge is -2.14. The van der Waals surface area contributed by atoms with Gasteiger partial charge in [0.25, 0.3) is 11.5 Å². The Morgan fingerprint density at radius 1 is 1.25 bits per heavy atom. The third-order valence-electron chi connectivity index (χ3n) is 5.01. The first-order valence-corrected chi connectivity index (χ1v) is 10.2. The van der Waals surface area contributed by atoms with E-state index in [2.05, 4.69) is 15.6 Å². The molecule has 6 nitrogen and oxygen atoms in total. The minimum absolute atomic E-state index is 0.0693. The van der Waals surface area contributed by atoms with E-state index in [1.807, 2.05) is 32.0 Å². The lowest BCUT2D eigenvalue weighted by Crippen LogP contribution is -2.39. The van der Waals surface area contributed by atoms with Crippen LogP contribution < -0.4 is 16.2 Å². The number of carbonyl (C=O) groups is 1. The van der Waals surface area contributed by atoms with Crippen LogP contribution in [0.1, 0.15) is 21.6 Å². The number of nitrogens with zero attached hydrogens (tertiary/aromatic N) is 2. The van der Waals surface area contributed by atoms with Crippen LogP contribution in [0.3, 0.4) is 0 Å². The summed E-state index contributed by atoms with van der Waals surface area (Å²) in [4.78, 5) is 30.0. The number of hydrogen-bond acceptors (Lipinski definition) is 5. The van der Waals surface area contributed by atoms with E-state index in [9.17, 15) is 9.59 Å². The lowest BCUT2D eigenvalue weighted by molar-refractivity contribution is 0.0946. The number of pyridine rings is 2. The van der Waals surface area contributed by atoms with Crippen molar-refractivity contribution < 1.29 is 4.79 Å². The van der Waals surface area contributed by atoms with Gasteiger partial charge in [-0.2, -0.15) is 0 Å². The van der Waals surface area contributed by atoms with Crippen molar-refractivity contribution in [3.63, 3.8) is 0 Å². The average molecular weight is 395 g/mol. The molecule has 3 aromatic rings. The summed E-state index contributed by atoms with van der Waals surface area (Å²) in [5, 5.41) is 7.09. The number of fused-ring (bicyclic) bond motifs is 1. The number of nitrogens with one attached hydrogen (secondary N) is 2. The molecule has 1 unspecified atom stereocenters. The molecule has 2 N–H and O–H groups in total. The molecule has 144 valence electrons. The highest BCUT2D eigenvalue weighted by Gasteiger charge is 2.19. The molecule has 28 heavy (non-hydrogen) atoms. The van der Waals surface area contributed by atoms with Gasteiger partial charge >= 0.3 is 0 Å². The molecule has 4 rings (SSSR count). The van der Waals surface area contributed by atoms with Crippen molar-refractivity contribution in [3.05, 3.63) is 63.7 Å². The fourth-order valence-electron chi connectivity index (χ4n) is 3.43. The molecule has 0 spiro atoms. The van der Waals surface area contributed by atoms with E-state index in [0.29, 0.717) is 11.1 Å². The van der Waals surface area contributed by atoms with Crippen molar-refractivity contribution in [1.29, 1.82) is 0 Å². The van der Waals surface area contributed by atoms with E-state index in [4.69, 9.17) is 0 Å². The summed E-state index contributed by atoms with van der Waals surface area (Å²) in [7, 11) is 1.77. The SMILES string of the molecule is Cc1cc2c(cn1)cc(-c1cc(C(=O)NC3NCCS3)ccc1C)c(=O)n2C. The van der Waals surface area contributed by atoms with Gasteiger partial charge in [0.1, 0.15) is 5.50 Å². The Balaban J connectivity index is 1.78. The largest absolute Gasteiger partial charge is 0.328 e. The first-order valence-electron chi connectivity index (χ1n) is 9.17. The average Bonchev–Trinajstić information content (AvgIpc) is 3.18. The zero-order chi connectivity index (χ0) is 19.8. The number of carbonyl (C=O) groups excluding carboxylic acids is 1. The minimum Gasteiger partial charge on any atom is -0.328 e. The summed E-state index contributed by atoms with van der Waals surface area (Å²) < 4.78 is 1.64. The molecule has 0 bridgehead atoms. The van der Waals surface area contributed by atoms with Crippen LogP contribution in [0.5, 0.6) is 0 Å². The summed E-state index contributed by atoms with van der Waals surface area (Å²) in [5.74, 6) is 0.827. The summed E-state index contributed by atoms with van der Waals surface area (Å²) in [5.41, 5.74) is 4.37. The Labute approximate surface area is 167 Å². The second-order valence-electron chi connectivity index (χ2n) is 7.01. The van der Waals surface area contributed by atoms with Crippen molar-refractivity contribution in [1.82, 2.24) is 20.2 Å². The molecule has 0 saturated carbocycles.